The van der Waals surface area contributed by atoms with Crippen LogP contribution < -0.4 is 9.80 Å². The van der Waals surface area contributed by atoms with Gasteiger partial charge in [-0.2, -0.15) is 15.0 Å². The Hall–Kier alpha value is -2.96. The zero-order chi connectivity index (χ0) is 21.8. The van der Waals surface area contributed by atoms with Gasteiger partial charge in [-0.25, -0.2) is 13.8 Å². The highest BCUT2D eigenvalue weighted by Crippen LogP contribution is 2.28. The van der Waals surface area contributed by atoms with Crippen molar-refractivity contribution in [2.24, 2.45) is 0 Å². The zero-order valence-corrected chi connectivity index (χ0v) is 16.7. The minimum Gasteiger partial charge on any atom is -0.395 e. The van der Waals surface area contributed by atoms with Crippen LogP contribution in [0.3, 0.4) is 0 Å². The highest BCUT2D eigenvalue weighted by molar-refractivity contribution is 5.77. The van der Waals surface area contributed by atoms with Gasteiger partial charge in [0.25, 0.3) is 6.43 Å². The fourth-order valence-corrected chi connectivity index (χ4v) is 3.44. The van der Waals surface area contributed by atoms with Crippen molar-refractivity contribution in [2.75, 3.05) is 62.4 Å². The van der Waals surface area contributed by atoms with Crippen molar-refractivity contribution in [1.29, 1.82) is 0 Å². The van der Waals surface area contributed by atoms with E-state index in [1.54, 1.807) is 29.2 Å². The third kappa shape index (κ3) is 4.40. The topological polar surface area (TPSA) is 113 Å². The molecule has 0 bridgehead atoms. The number of nitrogens with zero attached hydrogens (tertiary/aromatic N) is 7. The first-order valence-electron chi connectivity index (χ1n) is 9.93. The van der Waals surface area contributed by atoms with Crippen LogP contribution in [-0.2, 0) is 4.74 Å². The molecule has 3 aromatic rings. The molecule has 0 radical (unpaired) electrons. The maximum Gasteiger partial charge on any atom is 0.296 e. The summed E-state index contributed by atoms with van der Waals surface area (Å²) < 4.78 is 34.3. The van der Waals surface area contributed by atoms with Crippen molar-refractivity contribution in [1.82, 2.24) is 24.5 Å². The predicted octanol–water partition coefficient (Wildman–Crippen LogP) is 0.776. The lowest BCUT2D eigenvalue weighted by Gasteiger charge is -2.28. The van der Waals surface area contributed by atoms with Gasteiger partial charge in [-0.3, -0.25) is 4.57 Å². The number of aliphatic hydroxyl groups is 2. The molecule has 0 atom stereocenters. The molecule has 0 aliphatic carbocycles. The number of rotatable bonds is 8. The summed E-state index contributed by atoms with van der Waals surface area (Å²) in [6.45, 7) is 2.00. The van der Waals surface area contributed by atoms with E-state index in [1.165, 1.54) is 4.57 Å². The summed E-state index contributed by atoms with van der Waals surface area (Å²) in [5.74, 6) is 0.00767. The molecule has 2 aromatic heterocycles. The van der Waals surface area contributed by atoms with Crippen LogP contribution in [0.5, 0.6) is 0 Å². The summed E-state index contributed by atoms with van der Waals surface area (Å²) in [5.41, 5.74) is 0.842. The molecule has 0 unspecified atom stereocenters. The standard InChI is InChI=1S/C19H23F2N7O3/c20-15(21)16-22-13-3-1-2-4-14(13)28(16)19-24-17(26(5-9-29)6-10-30)23-18(25-19)27-7-11-31-12-8-27/h1-4,15,29-30H,5-12H2. The minimum absolute atomic E-state index is 0.00336. The van der Waals surface area contributed by atoms with E-state index in [4.69, 9.17) is 4.74 Å². The molecule has 1 aromatic carbocycles. The lowest BCUT2D eigenvalue weighted by atomic mass is 10.3. The Morgan fingerprint density at radius 1 is 0.968 bits per heavy atom. The van der Waals surface area contributed by atoms with E-state index in [0.29, 0.717) is 43.3 Å². The van der Waals surface area contributed by atoms with Gasteiger partial charge in [0.15, 0.2) is 5.82 Å². The largest absolute Gasteiger partial charge is 0.395 e. The molecule has 1 saturated heterocycles. The molecule has 3 heterocycles. The number of morpholine rings is 1. The second-order valence-corrected chi connectivity index (χ2v) is 6.86. The van der Waals surface area contributed by atoms with Gasteiger partial charge in [0.2, 0.25) is 17.8 Å². The molecule has 0 saturated carbocycles. The van der Waals surface area contributed by atoms with Crippen LogP contribution in [-0.4, -0.2) is 87.3 Å². The maximum absolute atomic E-state index is 13.8. The van der Waals surface area contributed by atoms with Crippen LogP contribution >= 0.6 is 0 Å². The van der Waals surface area contributed by atoms with E-state index in [0.717, 1.165) is 0 Å². The number of benzene rings is 1. The molecule has 12 heteroatoms. The van der Waals surface area contributed by atoms with Crippen molar-refractivity contribution < 1.29 is 23.7 Å². The van der Waals surface area contributed by atoms with Crippen LogP contribution in [0.4, 0.5) is 20.7 Å². The van der Waals surface area contributed by atoms with E-state index >= 15 is 0 Å². The fraction of sp³-hybridized carbons (Fsp3) is 0.474. The second-order valence-electron chi connectivity index (χ2n) is 6.86. The third-order valence-corrected chi connectivity index (χ3v) is 4.90. The molecule has 2 N–H and O–H groups in total. The summed E-state index contributed by atoms with van der Waals surface area (Å²) in [4.78, 5) is 20.9. The number of fused-ring (bicyclic) bond motifs is 1. The smallest absolute Gasteiger partial charge is 0.296 e. The van der Waals surface area contributed by atoms with Crippen LogP contribution in [0.15, 0.2) is 24.3 Å². The number of para-hydroxylation sites is 2. The molecule has 0 amide bonds. The molecular formula is C19H23F2N7O3. The van der Waals surface area contributed by atoms with E-state index in [2.05, 4.69) is 19.9 Å². The van der Waals surface area contributed by atoms with Gasteiger partial charge < -0.3 is 24.7 Å². The van der Waals surface area contributed by atoms with E-state index in [9.17, 15) is 19.0 Å². The summed E-state index contributed by atoms with van der Waals surface area (Å²) >= 11 is 0. The number of ether oxygens (including phenoxy) is 1. The van der Waals surface area contributed by atoms with Crippen LogP contribution in [0.1, 0.15) is 12.2 Å². The van der Waals surface area contributed by atoms with Crippen LogP contribution in [0, 0.1) is 0 Å². The number of imidazole rings is 1. The van der Waals surface area contributed by atoms with Crippen LogP contribution in [0.2, 0.25) is 0 Å². The van der Waals surface area contributed by atoms with E-state index in [-0.39, 0.29) is 38.2 Å². The first-order chi connectivity index (χ1) is 15.1. The average Bonchev–Trinajstić information content (AvgIpc) is 3.19. The molecule has 31 heavy (non-hydrogen) atoms. The van der Waals surface area contributed by atoms with Gasteiger partial charge in [0.05, 0.1) is 37.5 Å². The Kier molecular flexibility index (Phi) is 6.49. The predicted molar refractivity (Wildman–Crippen MR) is 109 cm³/mol. The number of aliphatic hydroxyl groups excluding tert-OH is 2. The van der Waals surface area contributed by atoms with Gasteiger partial charge in [-0.05, 0) is 12.1 Å². The lowest BCUT2D eigenvalue weighted by Crippen LogP contribution is -2.38. The highest BCUT2D eigenvalue weighted by atomic mass is 19.3. The summed E-state index contributed by atoms with van der Waals surface area (Å²) in [6, 6.07) is 6.76. The van der Waals surface area contributed by atoms with Gasteiger partial charge in [0, 0.05) is 26.2 Å². The number of hydrogen-bond donors (Lipinski definition) is 2. The summed E-state index contributed by atoms with van der Waals surface area (Å²) in [5, 5.41) is 18.8. The number of aromatic nitrogens is 5. The molecule has 1 fully saturated rings. The second kappa shape index (κ2) is 9.45. The van der Waals surface area contributed by atoms with Gasteiger partial charge in [-0.15, -0.1) is 0 Å². The van der Waals surface area contributed by atoms with Crippen molar-refractivity contribution in [3.8, 4) is 5.95 Å². The monoisotopic (exact) mass is 435 g/mol. The van der Waals surface area contributed by atoms with Gasteiger partial charge >= 0.3 is 0 Å². The number of alkyl halides is 2. The maximum atomic E-state index is 13.8. The Balaban J connectivity index is 1.90. The first-order valence-corrected chi connectivity index (χ1v) is 9.93. The molecule has 1 aliphatic rings. The lowest BCUT2D eigenvalue weighted by molar-refractivity contribution is 0.122. The zero-order valence-electron chi connectivity index (χ0n) is 16.7. The molecule has 166 valence electrons. The third-order valence-electron chi connectivity index (χ3n) is 4.90. The van der Waals surface area contributed by atoms with Crippen molar-refractivity contribution in [3.63, 3.8) is 0 Å². The Labute approximate surface area is 176 Å². The minimum atomic E-state index is -2.84. The normalized spacial score (nSPS) is 14.5. The Morgan fingerprint density at radius 3 is 2.32 bits per heavy atom. The molecule has 4 rings (SSSR count). The summed E-state index contributed by atoms with van der Waals surface area (Å²) in [6.07, 6.45) is -2.84. The number of halogens is 2. The molecule has 0 spiro atoms. The Bertz CT molecular complexity index is 1020. The van der Waals surface area contributed by atoms with E-state index < -0.39 is 12.2 Å². The van der Waals surface area contributed by atoms with Crippen LogP contribution in [0.25, 0.3) is 17.0 Å². The quantitative estimate of drug-likeness (QED) is 0.530. The van der Waals surface area contributed by atoms with Crippen molar-refractivity contribution in [3.05, 3.63) is 30.1 Å². The average molecular weight is 435 g/mol. The first kappa shape index (κ1) is 21.3. The van der Waals surface area contributed by atoms with Crippen molar-refractivity contribution >= 4 is 22.9 Å². The fourth-order valence-electron chi connectivity index (χ4n) is 3.44. The van der Waals surface area contributed by atoms with E-state index in [1.807, 2.05) is 4.90 Å². The molecular weight excluding hydrogens is 412 g/mol. The number of hydrogen-bond acceptors (Lipinski definition) is 9. The number of anilines is 2. The van der Waals surface area contributed by atoms with Gasteiger partial charge in [0.1, 0.15) is 0 Å². The highest BCUT2D eigenvalue weighted by Gasteiger charge is 2.25. The molecule has 10 nitrogen and oxygen atoms in total. The van der Waals surface area contributed by atoms with Gasteiger partial charge in [-0.1, -0.05) is 12.1 Å². The Morgan fingerprint density at radius 2 is 1.65 bits per heavy atom. The SMILES string of the molecule is OCCN(CCO)c1nc(N2CCOCC2)nc(-n2c(C(F)F)nc3ccccc32)n1. The van der Waals surface area contributed by atoms with Crippen molar-refractivity contribution in [2.45, 2.75) is 6.43 Å². The molecule has 1 aliphatic heterocycles. The summed E-state index contributed by atoms with van der Waals surface area (Å²) in [7, 11) is 0.